The molecule has 0 saturated heterocycles. The average Bonchev–Trinajstić information content (AvgIpc) is 3.32. The number of nitrogens with one attached hydrogen (secondary N) is 2. The number of carbonyl (C=O) groups excluding carboxylic acids is 3. The van der Waals surface area contributed by atoms with Gasteiger partial charge in [0, 0.05) is 19.2 Å². The minimum Gasteiger partial charge on any atom is -0.346 e. The van der Waals surface area contributed by atoms with E-state index in [0.29, 0.717) is 12.0 Å². The Hall–Kier alpha value is -3.55. The quantitative estimate of drug-likeness (QED) is 0.545. The second-order valence-electron chi connectivity index (χ2n) is 7.83. The van der Waals surface area contributed by atoms with Crippen molar-refractivity contribution in [1.29, 1.82) is 0 Å². The number of benzene rings is 1. The molecule has 4 rings (SSSR count). The molecular formula is C23H25N5O3. The Bertz CT molecular complexity index is 1070. The lowest BCUT2D eigenvalue weighted by Crippen LogP contribution is -2.35. The van der Waals surface area contributed by atoms with Crippen molar-refractivity contribution < 1.29 is 14.4 Å². The molecule has 8 heteroatoms. The number of imide groups is 1. The summed E-state index contributed by atoms with van der Waals surface area (Å²) in [5.74, 6) is 0.0247. The molecule has 0 bridgehead atoms. The van der Waals surface area contributed by atoms with Crippen LogP contribution in [0, 0.1) is 5.92 Å². The van der Waals surface area contributed by atoms with E-state index in [2.05, 4.69) is 34.1 Å². The maximum atomic E-state index is 12.7. The van der Waals surface area contributed by atoms with Crippen molar-refractivity contribution >= 4 is 28.8 Å². The summed E-state index contributed by atoms with van der Waals surface area (Å²) in [5, 5.41) is 3.08. The van der Waals surface area contributed by atoms with E-state index in [1.54, 1.807) is 12.1 Å². The van der Waals surface area contributed by atoms with E-state index in [1.807, 2.05) is 24.3 Å². The van der Waals surface area contributed by atoms with Crippen LogP contribution >= 0.6 is 0 Å². The van der Waals surface area contributed by atoms with Crippen molar-refractivity contribution in [3.63, 3.8) is 0 Å². The summed E-state index contributed by atoms with van der Waals surface area (Å²) in [6, 6.07) is 10.7. The predicted octanol–water partition coefficient (Wildman–Crippen LogP) is 3.24. The van der Waals surface area contributed by atoms with Gasteiger partial charge in [0.1, 0.15) is 11.5 Å². The summed E-state index contributed by atoms with van der Waals surface area (Å²) in [7, 11) is 0. The van der Waals surface area contributed by atoms with Crippen molar-refractivity contribution in [2.75, 3.05) is 6.54 Å². The van der Waals surface area contributed by atoms with Crippen molar-refractivity contribution in [2.24, 2.45) is 5.92 Å². The summed E-state index contributed by atoms with van der Waals surface area (Å²) in [6.45, 7) is 4.33. The zero-order chi connectivity index (χ0) is 22.0. The summed E-state index contributed by atoms with van der Waals surface area (Å²) in [5.41, 5.74) is 2.29. The molecule has 160 valence electrons. The molecule has 3 amide bonds. The van der Waals surface area contributed by atoms with Crippen molar-refractivity contribution in [3.05, 3.63) is 59.7 Å². The molecule has 0 radical (unpaired) electrons. The van der Waals surface area contributed by atoms with Crippen molar-refractivity contribution in [1.82, 2.24) is 25.2 Å². The van der Waals surface area contributed by atoms with Gasteiger partial charge in [-0.2, -0.15) is 0 Å². The Morgan fingerprint density at radius 3 is 2.71 bits per heavy atom. The highest BCUT2D eigenvalue weighted by Crippen LogP contribution is 2.25. The van der Waals surface area contributed by atoms with Gasteiger partial charge in [0.05, 0.1) is 22.6 Å². The lowest BCUT2D eigenvalue weighted by atomic mass is 9.98. The SMILES string of the molecule is CC[C@@H](C)[C@@H](NC(=O)CCCN1C(=O)c2cccnc2C1=O)c1nc2ccccc2[nH]1. The van der Waals surface area contributed by atoms with Gasteiger partial charge < -0.3 is 10.3 Å². The third kappa shape index (κ3) is 4.05. The molecule has 2 atom stereocenters. The molecular weight excluding hydrogens is 394 g/mol. The normalized spacial score (nSPS) is 15.2. The second-order valence-corrected chi connectivity index (χ2v) is 7.83. The number of carbonyl (C=O) groups is 3. The number of para-hydroxylation sites is 2. The van der Waals surface area contributed by atoms with Crippen LogP contribution in [0.2, 0.25) is 0 Å². The van der Waals surface area contributed by atoms with Crippen LogP contribution in [0.5, 0.6) is 0 Å². The number of fused-ring (bicyclic) bond motifs is 2. The van der Waals surface area contributed by atoms with E-state index in [9.17, 15) is 14.4 Å². The van der Waals surface area contributed by atoms with Crippen LogP contribution < -0.4 is 5.32 Å². The van der Waals surface area contributed by atoms with E-state index in [1.165, 1.54) is 6.20 Å². The fourth-order valence-corrected chi connectivity index (χ4v) is 3.80. The Kier molecular flexibility index (Phi) is 5.79. The van der Waals surface area contributed by atoms with Crippen LogP contribution in [0.3, 0.4) is 0 Å². The average molecular weight is 419 g/mol. The fourth-order valence-electron chi connectivity index (χ4n) is 3.80. The van der Waals surface area contributed by atoms with Gasteiger partial charge in [0.15, 0.2) is 0 Å². The third-order valence-electron chi connectivity index (χ3n) is 5.75. The maximum Gasteiger partial charge on any atom is 0.280 e. The van der Waals surface area contributed by atoms with Gasteiger partial charge >= 0.3 is 0 Å². The van der Waals surface area contributed by atoms with Crippen LogP contribution in [0.15, 0.2) is 42.6 Å². The Labute approximate surface area is 180 Å². The van der Waals surface area contributed by atoms with Crippen molar-refractivity contribution in [2.45, 2.75) is 39.2 Å². The molecule has 1 aliphatic heterocycles. The molecule has 2 N–H and O–H groups in total. The Morgan fingerprint density at radius 2 is 1.97 bits per heavy atom. The topological polar surface area (TPSA) is 108 Å². The van der Waals surface area contributed by atoms with E-state index < -0.39 is 5.91 Å². The number of nitrogens with zero attached hydrogens (tertiary/aromatic N) is 3. The van der Waals surface area contributed by atoms with E-state index in [0.717, 1.165) is 28.2 Å². The number of H-pyrrole nitrogens is 1. The minimum absolute atomic E-state index is 0.138. The first kappa shape index (κ1) is 20.7. The second kappa shape index (κ2) is 8.67. The molecule has 3 heterocycles. The smallest absolute Gasteiger partial charge is 0.280 e. The van der Waals surface area contributed by atoms with Gasteiger partial charge in [0.25, 0.3) is 11.8 Å². The molecule has 31 heavy (non-hydrogen) atoms. The van der Waals surface area contributed by atoms with Gasteiger partial charge in [-0.05, 0) is 36.6 Å². The summed E-state index contributed by atoms with van der Waals surface area (Å²) in [6.07, 6.45) is 2.96. The van der Waals surface area contributed by atoms with Gasteiger partial charge in [0.2, 0.25) is 5.91 Å². The summed E-state index contributed by atoms with van der Waals surface area (Å²) in [4.78, 5) is 50.6. The van der Waals surface area contributed by atoms with E-state index >= 15 is 0 Å². The number of imidazole rings is 1. The van der Waals surface area contributed by atoms with Crippen molar-refractivity contribution in [3.8, 4) is 0 Å². The Morgan fingerprint density at radius 1 is 1.16 bits per heavy atom. The highest BCUT2D eigenvalue weighted by Gasteiger charge is 2.36. The van der Waals surface area contributed by atoms with E-state index in [4.69, 9.17) is 0 Å². The van der Waals surface area contributed by atoms with Crippen LogP contribution in [0.1, 0.15) is 65.8 Å². The van der Waals surface area contributed by atoms with Gasteiger partial charge in [-0.15, -0.1) is 0 Å². The number of hydrogen-bond acceptors (Lipinski definition) is 5. The number of amides is 3. The van der Waals surface area contributed by atoms with Gasteiger partial charge in [-0.25, -0.2) is 4.98 Å². The molecule has 0 spiro atoms. The molecule has 1 aromatic carbocycles. The number of pyridine rings is 1. The number of aromatic amines is 1. The minimum atomic E-state index is -0.402. The molecule has 2 aromatic heterocycles. The highest BCUT2D eigenvalue weighted by atomic mass is 16.2. The highest BCUT2D eigenvalue weighted by molar-refractivity contribution is 6.20. The molecule has 8 nitrogen and oxygen atoms in total. The van der Waals surface area contributed by atoms with E-state index in [-0.39, 0.29) is 42.4 Å². The standard InChI is InChI=1S/C23H25N5O3/c1-3-14(2)19(21-25-16-9-4-5-10-17(16)26-21)27-18(29)11-7-13-28-22(30)15-8-6-12-24-20(15)23(28)31/h4-6,8-10,12,14,19H,3,7,11,13H2,1-2H3,(H,25,26)(H,27,29)/t14-,19-/m1/s1. The monoisotopic (exact) mass is 419 g/mol. The largest absolute Gasteiger partial charge is 0.346 e. The van der Waals surface area contributed by atoms with Crippen LogP contribution in [-0.2, 0) is 4.79 Å². The van der Waals surface area contributed by atoms with Gasteiger partial charge in [-0.3, -0.25) is 24.3 Å². The first-order valence-electron chi connectivity index (χ1n) is 10.5. The lowest BCUT2D eigenvalue weighted by Gasteiger charge is -2.22. The number of aromatic nitrogens is 3. The predicted molar refractivity (Wildman–Crippen MR) is 115 cm³/mol. The maximum absolute atomic E-state index is 12.7. The summed E-state index contributed by atoms with van der Waals surface area (Å²) < 4.78 is 0. The molecule has 0 saturated carbocycles. The first-order chi connectivity index (χ1) is 15.0. The van der Waals surface area contributed by atoms with Crippen LogP contribution in [0.25, 0.3) is 11.0 Å². The number of hydrogen-bond donors (Lipinski definition) is 2. The molecule has 0 unspecified atom stereocenters. The first-order valence-corrected chi connectivity index (χ1v) is 10.5. The Balaban J connectivity index is 1.38. The lowest BCUT2D eigenvalue weighted by molar-refractivity contribution is -0.122. The summed E-state index contributed by atoms with van der Waals surface area (Å²) >= 11 is 0. The number of rotatable bonds is 8. The van der Waals surface area contributed by atoms with Crippen LogP contribution in [-0.4, -0.2) is 44.1 Å². The van der Waals surface area contributed by atoms with Gasteiger partial charge in [-0.1, -0.05) is 32.4 Å². The zero-order valence-electron chi connectivity index (χ0n) is 17.6. The molecule has 1 aliphatic rings. The third-order valence-corrected chi connectivity index (χ3v) is 5.75. The molecule has 0 aliphatic carbocycles. The molecule has 3 aromatic rings. The molecule has 0 fully saturated rings. The van der Waals surface area contributed by atoms with Crippen LogP contribution in [0.4, 0.5) is 0 Å². The fraction of sp³-hybridized carbons (Fsp3) is 0.348. The zero-order valence-corrected chi connectivity index (χ0v) is 17.6.